The van der Waals surface area contributed by atoms with Gasteiger partial charge in [-0.15, -0.1) is 0 Å². The lowest BCUT2D eigenvalue weighted by Gasteiger charge is -2.25. The number of anilines is 4. The molecule has 1 unspecified atom stereocenters. The van der Waals surface area contributed by atoms with Crippen molar-refractivity contribution in [3.63, 3.8) is 0 Å². The average molecular weight is 691 g/mol. The maximum Gasteiger partial charge on any atom is 0.343 e. The molecule has 19 heteroatoms. The molecule has 0 aliphatic rings. The highest BCUT2D eigenvalue weighted by Gasteiger charge is 2.30. The fourth-order valence-corrected chi connectivity index (χ4v) is 7.06. The minimum Gasteiger partial charge on any atom is -0.330 e. The fourth-order valence-electron chi connectivity index (χ4n) is 4.61. The van der Waals surface area contributed by atoms with E-state index in [1.807, 2.05) is 36.9 Å². The van der Waals surface area contributed by atoms with Crippen molar-refractivity contribution in [1.29, 1.82) is 0 Å². The molecule has 0 bridgehead atoms. The zero-order chi connectivity index (χ0) is 34.0. The largest absolute Gasteiger partial charge is 0.343 e. The molecule has 2 aromatic carbocycles. The van der Waals surface area contributed by atoms with E-state index in [9.17, 15) is 26.4 Å². The van der Waals surface area contributed by atoms with Crippen LogP contribution >= 0.6 is 8.58 Å². The van der Waals surface area contributed by atoms with E-state index in [4.69, 9.17) is 10.9 Å². The molecule has 0 aliphatic heterocycles. The number of nitrogens with two attached hydrogens (primary N) is 2. The number of aromatic nitrogens is 4. The van der Waals surface area contributed by atoms with Gasteiger partial charge in [-0.25, -0.2) is 33.0 Å². The molecule has 6 N–H and O–H groups in total. The first-order valence-electron chi connectivity index (χ1n) is 13.8. The van der Waals surface area contributed by atoms with E-state index in [1.54, 1.807) is 29.4 Å². The summed E-state index contributed by atoms with van der Waals surface area (Å²) in [5.74, 6) is 0.0211. The number of carbonyl (C=O) groups is 2. The summed E-state index contributed by atoms with van der Waals surface area (Å²) in [5.41, 5.74) is 7.80. The summed E-state index contributed by atoms with van der Waals surface area (Å²) in [6.45, 7) is 5.08. The van der Waals surface area contributed by atoms with Crippen LogP contribution in [-0.2, 0) is 32.1 Å². The first-order chi connectivity index (χ1) is 21.6. The monoisotopic (exact) mass is 690 g/mol. The van der Waals surface area contributed by atoms with E-state index in [2.05, 4.69) is 19.8 Å². The first kappa shape index (κ1) is 34.8. The third-order valence-corrected chi connectivity index (χ3v) is 10.1. The van der Waals surface area contributed by atoms with Crippen LogP contribution in [0.15, 0.2) is 53.6 Å². The molecule has 2 aromatic heterocycles. The Kier molecular flexibility index (Phi) is 10.4. The van der Waals surface area contributed by atoms with Gasteiger partial charge in [0.25, 0.3) is 0 Å². The average Bonchev–Trinajstić information content (AvgIpc) is 3.28. The third kappa shape index (κ3) is 7.66. The highest BCUT2D eigenvalue weighted by Crippen LogP contribution is 2.31. The van der Waals surface area contributed by atoms with Crippen molar-refractivity contribution in [2.75, 3.05) is 30.1 Å². The molecule has 4 rings (SSSR count). The summed E-state index contributed by atoms with van der Waals surface area (Å²) in [7, 11) is -5.52. The van der Waals surface area contributed by atoms with Gasteiger partial charge in [-0.3, -0.25) is 9.48 Å². The van der Waals surface area contributed by atoms with Crippen molar-refractivity contribution >= 4 is 74.4 Å². The van der Waals surface area contributed by atoms with Crippen LogP contribution in [0.1, 0.15) is 17.7 Å². The first-order valence-corrected chi connectivity index (χ1v) is 18.3. The van der Waals surface area contributed by atoms with Crippen LogP contribution < -0.4 is 30.1 Å². The molecule has 2 heterocycles. The molecule has 0 aliphatic carbocycles. The van der Waals surface area contributed by atoms with E-state index in [0.29, 0.717) is 17.1 Å². The van der Waals surface area contributed by atoms with Crippen LogP contribution in [0, 0.1) is 13.8 Å². The number of carbonyl (C=O) groups excluding carboxylic acids is 2. The summed E-state index contributed by atoms with van der Waals surface area (Å²) < 4.78 is 56.6. The van der Waals surface area contributed by atoms with Crippen LogP contribution in [0.2, 0.25) is 0 Å². The van der Waals surface area contributed by atoms with Gasteiger partial charge >= 0.3 is 16.2 Å². The molecule has 2 atom stereocenters. The minimum atomic E-state index is -4.64. The van der Waals surface area contributed by atoms with Crippen LogP contribution in [0.25, 0.3) is 10.9 Å². The Bertz CT molecular complexity index is 2020. The number of aryl methyl sites for hydroxylation is 3. The van der Waals surface area contributed by atoms with Gasteiger partial charge in [-0.05, 0) is 75.4 Å². The zero-order valence-electron chi connectivity index (χ0n) is 25.7. The van der Waals surface area contributed by atoms with Gasteiger partial charge < -0.3 is 10.6 Å². The van der Waals surface area contributed by atoms with Gasteiger partial charge in [-0.2, -0.15) is 23.2 Å². The van der Waals surface area contributed by atoms with Gasteiger partial charge in [0.2, 0.25) is 16.0 Å². The lowest BCUT2D eigenvalue weighted by Crippen LogP contribution is -2.51. The Morgan fingerprint density at radius 3 is 2.41 bits per heavy atom. The predicted octanol–water partition coefficient (Wildman–Crippen LogP) is 1.63. The lowest BCUT2D eigenvalue weighted by molar-refractivity contribution is -0.112. The second kappa shape index (κ2) is 13.7. The topological polar surface area (TPSA) is 229 Å². The molecular weight excluding hydrogens is 655 g/mol. The number of sulfonamides is 1. The molecule has 46 heavy (non-hydrogen) atoms. The van der Waals surface area contributed by atoms with Gasteiger partial charge in [-0.1, -0.05) is 14.6 Å². The number of nitrogens with zero attached hydrogens (tertiary/aromatic N) is 6. The highest BCUT2D eigenvalue weighted by atomic mass is 32.2. The van der Waals surface area contributed by atoms with E-state index in [1.165, 1.54) is 25.3 Å². The lowest BCUT2D eigenvalue weighted by atomic mass is 10.2. The number of urea groups is 1. The zero-order valence-corrected chi connectivity index (χ0v) is 28.3. The molecular formula is C27H35N10O6PS2. The van der Waals surface area contributed by atoms with Crippen LogP contribution in [0.3, 0.4) is 0 Å². The number of nitrogens with one attached hydrogen (secondary N) is 2. The van der Waals surface area contributed by atoms with E-state index in [0.717, 1.165) is 27.6 Å². The maximum atomic E-state index is 13.7. The molecule has 0 spiro atoms. The SMILES string of the molecule is CPC(=O)[C@H](CCN)NS(=O)(=O)NC(=O)N(c1ccc(C)c(S(N)(=O)=O)c1)c1nccc(N(C)c2ccc3c(C)n(C)nc3c2)n1. The van der Waals surface area contributed by atoms with E-state index >= 15 is 0 Å². The fraction of sp³-hybridized carbons (Fsp3) is 0.296. The number of hydrogen-bond acceptors (Lipinski definition) is 11. The summed E-state index contributed by atoms with van der Waals surface area (Å²) in [5, 5.41) is 10.9. The Morgan fingerprint density at radius 2 is 1.76 bits per heavy atom. The van der Waals surface area contributed by atoms with Gasteiger partial charge in [0.15, 0.2) is 5.52 Å². The molecule has 246 valence electrons. The van der Waals surface area contributed by atoms with Crippen LogP contribution in [-0.4, -0.2) is 74.4 Å². The second-order valence-electron chi connectivity index (χ2n) is 10.3. The highest BCUT2D eigenvalue weighted by molar-refractivity contribution is 7.89. The Balaban J connectivity index is 1.77. The van der Waals surface area contributed by atoms with Gasteiger partial charge in [0.1, 0.15) is 5.82 Å². The normalized spacial score (nSPS) is 12.8. The molecule has 2 amide bonds. The smallest absolute Gasteiger partial charge is 0.330 e. The maximum absolute atomic E-state index is 13.7. The number of rotatable bonds is 12. The molecule has 0 saturated heterocycles. The molecule has 0 fully saturated rings. The van der Waals surface area contributed by atoms with Crippen molar-refractivity contribution < 1.29 is 26.4 Å². The molecule has 16 nitrogen and oxygen atoms in total. The van der Waals surface area contributed by atoms with Crippen LogP contribution in [0.5, 0.6) is 0 Å². The predicted molar refractivity (Wildman–Crippen MR) is 178 cm³/mol. The number of fused-ring (bicyclic) bond motifs is 1. The second-order valence-corrected chi connectivity index (χ2v) is 14.3. The Morgan fingerprint density at radius 1 is 1.07 bits per heavy atom. The van der Waals surface area contributed by atoms with Crippen LogP contribution in [0.4, 0.5) is 27.9 Å². The van der Waals surface area contributed by atoms with Crippen molar-refractivity contribution in [2.45, 2.75) is 31.2 Å². The molecule has 4 aromatic rings. The molecule has 0 radical (unpaired) electrons. The van der Waals surface area contributed by atoms with Gasteiger partial charge in [0, 0.05) is 37.1 Å². The van der Waals surface area contributed by atoms with Crippen molar-refractivity contribution in [3.8, 4) is 0 Å². The van der Waals surface area contributed by atoms with Gasteiger partial charge in [0.05, 0.1) is 22.1 Å². The quantitative estimate of drug-likeness (QED) is 0.156. The minimum absolute atomic E-state index is 0.00945. The Hall–Kier alpha value is -4.06. The summed E-state index contributed by atoms with van der Waals surface area (Å²) in [6.07, 6.45) is 1.37. The number of amides is 2. The Labute approximate surface area is 268 Å². The number of benzene rings is 2. The van der Waals surface area contributed by atoms with Crippen molar-refractivity contribution in [3.05, 3.63) is 59.9 Å². The van der Waals surface area contributed by atoms with Crippen molar-refractivity contribution in [1.82, 2.24) is 29.2 Å². The number of hydrogen-bond donors (Lipinski definition) is 4. The van der Waals surface area contributed by atoms with E-state index < -0.39 is 37.8 Å². The van der Waals surface area contributed by atoms with Crippen molar-refractivity contribution in [2.24, 2.45) is 17.9 Å². The summed E-state index contributed by atoms with van der Waals surface area (Å²) in [4.78, 5) is 37.0. The molecule has 0 saturated carbocycles. The summed E-state index contributed by atoms with van der Waals surface area (Å²) in [6, 6.07) is 8.71. The number of primary sulfonamides is 1. The third-order valence-electron chi connectivity index (χ3n) is 7.15. The summed E-state index contributed by atoms with van der Waals surface area (Å²) >= 11 is 0. The van der Waals surface area contributed by atoms with E-state index in [-0.39, 0.29) is 38.1 Å². The standard InChI is InChI=1S/C27H35N10O6PS2/c1-16-6-7-19(15-23(16)45(29,40)41)37(27(39)34-46(42,43)33-21(10-12-28)25(38)44-5)26-30-13-11-24(31-26)35(3)18-8-9-20-17(2)36(4)32-22(20)14-18/h6-9,11,13-15,21,33,44H,10,12,28H2,1-5H3,(H,34,39)(H2,29,40,41)/t21-/m0/s1.